The maximum absolute atomic E-state index is 3.45. The molecule has 0 radical (unpaired) electrons. The Labute approximate surface area is 94.2 Å². The zero-order chi connectivity index (χ0) is 10.2. The van der Waals surface area contributed by atoms with E-state index in [-0.39, 0.29) is 0 Å². The molecular formula is C12H16BrN. The van der Waals surface area contributed by atoms with Gasteiger partial charge in [0.1, 0.15) is 0 Å². The lowest BCUT2D eigenvalue weighted by molar-refractivity contribution is 0.0242. The van der Waals surface area contributed by atoms with Crippen LogP contribution in [-0.4, -0.2) is 18.0 Å². The van der Waals surface area contributed by atoms with Crippen molar-refractivity contribution in [1.29, 1.82) is 0 Å². The summed E-state index contributed by atoms with van der Waals surface area (Å²) in [5.41, 5.74) is 1.94. The lowest BCUT2D eigenvalue weighted by atomic mass is 9.84. The van der Waals surface area contributed by atoms with Gasteiger partial charge in [-0.3, -0.25) is 4.90 Å². The lowest BCUT2D eigenvalue weighted by Crippen LogP contribution is -2.52. The van der Waals surface area contributed by atoms with Crippen LogP contribution < -0.4 is 0 Å². The number of hydrogen-bond acceptors (Lipinski definition) is 1. The van der Waals surface area contributed by atoms with Crippen LogP contribution in [0.4, 0.5) is 0 Å². The van der Waals surface area contributed by atoms with E-state index in [4.69, 9.17) is 0 Å². The van der Waals surface area contributed by atoms with Crippen LogP contribution in [0.25, 0.3) is 0 Å². The van der Waals surface area contributed by atoms with Gasteiger partial charge in [-0.2, -0.15) is 0 Å². The monoisotopic (exact) mass is 253 g/mol. The Morgan fingerprint density at radius 3 is 2.29 bits per heavy atom. The van der Waals surface area contributed by atoms with E-state index in [0.717, 1.165) is 11.0 Å². The first-order valence-electron chi connectivity index (χ1n) is 5.02. The average Bonchev–Trinajstić information content (AvgIpc) is 2.06. The van der Waals surface area contributed by atoms with E-state index in [1.807, 2.05) is 0 Å². The van der Waals surface area contributed by atoms with Gasteiger partial charge in [-0.05, 0) is 23.1 Å². The third-order valence-electron chi connectivity index (χ3n) is 2.62. The Kier molecular flexibility index (Phi) is 2.67. The van der Waals surface area contributed by atoms with Gasteiger partial charge in [-0.15, -0.1) is 0 Å². The van der Waals surface area contributed by atoms with Crippen molar-refractivity contribution in [3.8, 4) is 0 Å². The van der Waals surface area contributed by atoms with Crippen molar-refractivity contribution in [3.05, 3.63) is 34.3 Å². The normalized spacial score (nSPS) is 20.5. The Bertz CT molecular complexity index is 308. The number of nitrogens with zero attached hydrogens (tertiary/aromatic N) is 1. The first kappa shape index (κ1) is 10.2. The molecule has 0 bridgehead atoms. The largest absolute Gasteiger partial charge is 0.298 e. The summed E-state index contributed by atoms with van der Waals surface area (Å²) in [6, 6.07) is 8.60. The molecule has 0 N–H and O–H groups in total. The highest BCUT2D eigenvalue weighted by Gasteiger charge is 2.33. The van der Waals surface area contributed by atoms with Gasteiger partial charge in [0.15, 0.2) is 0 Å². The van der Waals surface area contributed by atoms with Crippen molar-refractivity contribution in [2.75, 3.05) is 13.1 Å². The predicted molar refractivity (Wildman–Crippen MR) is 63.2 cm³/mol. The van der Waals surface area contributed by atoms with Gasteiger partial charge in [-0.1, -0.05) is 41.9 Å². The average molecular weight is 254 g/mol. The fourth-order valence-corrected chi connectivity index (χ4v) is 2.39. The molecule has 1 aliphatic rings. The fourth-order valence-electron chi connectivity index (χ4n) is 2.12. The molecule has 0 amide bonds. The summed E-state index contributed by atoms with van der Waals surface area (Å²) >= 11 is 3.45. The molecule has 0 aliphatic carbocycles. The Hall–Kier alpha value is -0.340. The third kappa shape index (κ3) is 2.37. The number of hydrogen-bond donors (Lipinski definition) is 0. The van der Waals surface area contributed by atoms with Crippen LogP contribution in [0.2, 0.25) is 0 Å². The van der Waals surface area contributed by atoms with Crippen molar-refractivity contribution < 1.29 is 0 Å². The SMILES string of the molecule is CC1(C)CN(Cc2ccc(Br)cc2)C1. The maximum Gasteiger partial charge on any atom is 0.0234 e. The number of benzene rings is 1. The third-order valence-corrected chi connectivity index (χ3v) is 3.15. The zero-order valence-corrected chi connectivity index (χ0v) is 10.3. The molecule has 0 spiro atoms. The number of likely N-dealkylation sites (tertiary alicyclic amines) is 1. The van der Waals surface area contributed by atoms with Crippen LogP contribution in [0.15, 0.2) is 28.7 Å². The second-order valence-corrected chi connectivity index (χ2v) is 5.85. The molecule has 0 saturated carbocycles. The van der Waals surface area contributed by atoms with Gasteiger partial charge < -0.3 is 0 Å². The van der Waals surface area contributed by atoms with Crippen molar-refractivity contribution >= 4 is 15.9 Å². The molecule has 2 rings (SSSR count). The Morgan fingerprint density at radius 1 is 1.21 bits per heavy atom. The highest BCUT2D eigenvalue weighted by atomic mass is 79.9. The van der Waals surface area contributed by atoms with Crippen molar-refractivity contribution in [3.63, 3.8) is 0 Å². The van der Waals surface area contributed by atoms with E-state index in [1.54, 1.807) is 0 Å². The summed E-state index contributed by atoms with van der Waals surface area (Å²) in [6.45, 7) is 8.19. The van der Waals surface area contributed by atoms with Gasteiger partial charge >= 0.3 is 0 Å². The zero-order valence-electron chi connectivity index (χ0n) is 8.76. The van der Waals surface area contributed by atoms with Crippen LogP contribution in [0.3, 0.4) is 0 Å². The van der Waals surface area contributed by atoms with E-state index >= 15 is 0 Å². The maximum atomic E-state index is 3.45. The summed E-state index contributed by atoms with van der Waals surface area (Å²) in [4.78, 5) is 2.49. The molecule has 1 aliphatic heterocycles. The highest BCUT2D eigenvalue weighted by Crippen LogP contribution is 2.29. The van der Waals surface area contributed by atoms with E-state index < -0.39 is 0 Å². The van der Waals surface area contributed by atoms with E-state index in [9.17, 15) is 0 Å². The fraction of sp³-hybridized carbons (Fsp3) is 0.500. The van der Waals surface area contributed by atoms with Gasteiger partial charge in [0.05, 0.1) is 0 Å². The molecule has 0 unspecified atom stereocenters. The minimum absolute atomic E-state index is 0.537. The van der Waals surface area contributed by atoms with Crippen LogP contribution in [-0.2, 0) is 6.54 Å². The van der Waals surface area contributed by atoms with Crippen molar-refractivity contribution in [2.24, 2.45) is 5.41 Å². The van der Waals surface area contributed by atoms with Crippen LogP contribution in [0.5, 0.6) is 0 Å². The highest BCUT2D eigenvalue weighted by molar-refractivity contribution is 9.10. The summed E-state index contributed by atoms with van der Waals surface area (Å²) in [5.74, 6) is 0. The standard InChI is InChI=1S/C12H16BrN/c1-12(2)8-14(9-12)7-10-3-5-11(13)6-4-10/h3-6H,7-9H2,1-2H3. The molecule has 1 heterocycles. The molecule has 14 heavy (non-hydrogen) atoms. The molecular weight excluding hydrogens is 238 g/mol. The van der Waals surface area contributed by atoms with Crippen molar-refractivity contribution in [1.82, 2.24) is 4.90 Å². The predicted octanol–water partition coefficient (Wildman–Crippen LogP) is 3.29. The Balaban J connectivity index is 1.90. The molecule has 1 aromatic rings. The number of halogens is 1. The summed E-state index contributed by atoms with van der Waals surface area (Å²) in [7, 11) is 0. The molecule has 1 saturated heterocycles. The second-order valence-electron chi connectivity index (χ2n) is 4.94. The molecule has 1 nitrogen and oxygen atoms in total. The topological polar surface area (TPSA) is 3.24 Å². The van der Waals surface area contributed by atoms with Gasteiger partial charge in [0.2, 0.25) is 0 Å². The minimum Gasteiger partial charge on any atom is -0.298 e. The summed E-state index contributed by atoms with van der Waals surface area (Å²) in [6.07, 6.45) is 0. The van der Waals surface area contributed by atoms with Crippen LogP contribution in [0, 0.1) is 5.41 Å². The minimum atomic E-state index is 0.537. The smallest absolute Gasteiger partial charge is 0.0234 e. The molecule has 1 fully saturated rings. The molecule has 2 heteroatoms. The van der Waals surface area contributed by atoms with Crippen LogP contribution in [0.1, 0.15) is 19.4 Å². The van der Waals surface area contributed by atoms with Gasteiger partial charge in [0, 0.05) is 24.1 Å². The summed E-state index contributed by atoms with van der Waals surface area (Å²) < 4.78 is 1.16. The molecule has 76 valence electrons. The molecule has 0 atom stereocenters. The van der Waals surface area contributed by atoms with Crippen LogP contribution >= 0.6 is 15.9 Å². The van der Waals surface area contributed by atoms with E-state index in [1.165, 1.54) is 18.7 Å². The molecule has 0 aromatic heterocycles. The van der Waals surface area contributed by atoms with E-state index in [2.05, 4.69) is 58.9 Å². The Morgan fingerprint density at radius 2 is 1.79 bits per heavy atom. The lowest BCUT2D eigenvalue weighted by Gasteiger charge is -2.46. The van der Waals surface area contributed by atoms with Gasteiger partial charge in [-0.25, -0.2) is 0 Å². The first-order chi connectivity index (χ1) is 6.55. The van der Waals surface area contributed by atoms with E-state index in [0.29, 0.717) is 5.41 Å². The first-order valence-corrected chi connectivity index (χ1v) is 5.81. The van der Waals surface area contributed by atoms with Gasteiger partial charge in [0.25, 0.3) is 0 Å². The summed E-state index contributed by atoms with van der Waals surface area (Å²) in [5, 5.41) is 0. The number of rotatable bonds is 2. The second kappa shape index (κ2) is 3.67. The quantitative estimate of drug-likeness (QED) is 0.782. The van der Waals surface area contributed by atoms with Crippen molar-refractivity contribution in [2.45, 2.75) is 20.4 Å². The molecule has 1 aromatic carbocycles.